The van der Waals surface area contributed by atoms with Crippen LogP contribution < -0.4 is 0 Å². The molecule has 0 bridgehead atoms. The molecular weight excluding hydrogens is 288 g/mol. The van der Waals surface area contributed by atoms with Crippen molar-refractivity contribution in [3.05, 3.63) is 77.7 Å². The van der Waals surface area contributed by atoms with Crippen LogP contribution in [-0.4, -0.2) is 11.7 Å². The molecule has 0 radical (unpaired) electrons. The fourth-order valence-electron chi connectivity index (χ4n) is 2.81. The molecule has 1 atom stereocenters. The van der Waals surface area contributed by atoms with Gasteiger partial charge in [0.15, 0.2) is 14.5 Å². The highest BCUT2D eigenvalue weighted by molar-refractivity contribution is 7.46. The lowest BCUT2D eigenvalue weighted by molar-refractivity contribution is 0.299. The van der Waals surface area contributed by atoms with Gasteiger partial charge in [0.1, 0.15) is 0 Å². The van der Waals surface area contributed by atoms with Gasteiger partial charge in [-0.15, -0.1) is 0 Å². The smallest absolute Gasteiger partial charge is 0.187 e. The summed E-state index contributed by atoms with van der Waals surface area (Å²) in [7, 11) is -0.118. The average molecular weight is 307 g/mol. The SMILES string of the molecule is C=Cc1c(C=C)[s+](-c2ccc(CCO)cc2)c2ccccc12. The maximum atomic E-state index is 9.05. The van der Waals surface area contributed by atoms with Gasteiger partial charge in [-0.05, 0) is 42.3 Å². The molecule has 0 aliphatic carbocycles. The first-order valence-corrected chi connectivity index (χ1v) is 8.55. The Morgan fingerprint density at radius 2 is 1.68 bits per heavy atom. The van der Waals surface area contributed by atoms with Crippen LogP contribution in [0.2, 0.25) is 0 Å². The number of aliphatic hydroxyl groups is 1. The summed E-state index contributed by atoms with van der Waals surface area (Å²) < 4.78 is 1.34. The fourth-order valence-corrected chi connectivity index (χ4v) is 5.15. The third-order valence-electron chi connectivity index (χ3n) is 3.83. The van der Waals surface area contributed by atoms with E-state index >= 15 is 0 Å². The van der Waals surface area contributed by atoms with Gasteiger partial charge in [-0.25, -0.2) is 0 Å². The van der Waals surface area contributed by atoms with Crippen molar-refractivity contribution in [2.45, 2.75) is 6.42 Å². The Morgan fingerprint density at radius 1 is 0.955 bits per heavy atom. The van der Waals surface area contributed by atoms with E-state index in [4.69, 9.17) is 5.11 Å². The van der Waals surface area contributed by atoms with Crippen molar-refractivity contribution in [1.82, 2.24) is 0 Å². The number of benzene rings is 2. The molecule has 0 aliphatic rings. The standard InChI is InChI=1S/C20H19OS/c1-3-17-18-7-5-6-8-20(18)22(19(17)4-2)16-11-9-15(10-12-16)13-14-21/h3-12,21H,1-2,13-14H2/q+1. The van der Waals surface area contributed by atoms with E-state index in [0.29, 0.717) is 6.42 Å². The van der Waals surface area contributed by atoms with Gasteiger partial charge in [-0.1, -0.05) is 43.5 Å². The molecule has 0 spiro atoms. The molecule has 2 heteroatoms. The maximum Gasteiger partial charge on any atom is 0.187 e. The molecule has 3 rings (SSSR count). The maximum absolute atomic E-state index is 9.05. The highest BCUT2D eigenvalue weighted by Crippen LogP contribution is 2.47. The van der Waals surface area contributed by atoms with E-state index in [0.717, 1.165) is 5.56 Å². The predicted octanol–water partition coefficient (Wildman–Crippen LogP) is 5.40. The number of hydrogen-bond acceptors (Lipinski definition) is 1. The predicted molar refractivity (Wildman–Crippen MR) is 98.7 cm³/mol. The summed E-state index contributed by atoms with van der Waals surface area (Å²) in [6.07, 6.45) is 4.59. The van der Waals surface area contributed by atoms with E-state index in [1.807, 2.05) is 12.2 Å². The van der Waals surface area contributed by atoms with E-state index in [1.54, 1.807) is 0 Å². The number of hydrogen-bond donors (Lipinski definition) is 1. The Labute approximate surface area is 133 Å². The topological polar surface area (TPSA) is 20.2 Å². The van der Waals surface area contributed by atoms with Crippen LogP contribution >= 0.6 is 10.5 Å². The third-order valence-corrected chi connectivity index (χ3v) is 6.20. The summed E-state index contributed by atoms with van der Waals surface area (Å²) in [5.41, 5.74) is 2.35. The van der Waals surface area contributed by atoms with Crippen LogP contribution in [0.1, 0.15) is 16.0 Å². The molecule has 0 saturated carbocycles. The number of rotatable bonds is 5. The van der Waals surface area contributed by atoms with Gasteiger partial charge in [0.25, 0.3) is 0 Å². The van der Waals surface area contributed by atoms with E-state index < -0.39 is 0 Å². The van der Waals surface area contributed by atoms with Crippen LogP contribution in [0.25, 0.3) is 27.1 Å². The van der Waals surface area contributed by atoms with Crippen LogP contribution in [0.3, 0.4) is 0 Å². The molecule has 2 aromatic carbocycles. The molecule has 1 unspecified atom stereocenters. The lowest BCUT2D eigenvalue weighted by Crippen LogP contribution is -1.89. The second-order valence-electron chi connectivity index (χ2n) is 5.11. The molecule has 110 valence electrons. The van der Waals surface area contributed by atoms with Crippen molar-refractivity contribution >= 4 is 32.7 Å². The molecule has 1 N–H and O–H groups in total. The molecule has 0 saturated heterocycles. The molecule has 1 aromatic heterocycles. The average Bonchev–Trinajstić information content (AvgIpc) is 2.89. The first kappa shape index (κ1) is 14.8. The van der Waals surface area contributed by atoms with Gasteiger partial charge in [-0.2, -0.15) is 0 Å². The first-order valence-electron chi connectivity index (χ1n) is 7.32. The van der Waals surface area contributed by atoms with Gasteiger partial charge < -0.3 is 5.11 Å². The molecule has 1 heterocycles. The number of thiophene rings is 1. The second-order valence-corrected chi connectivity index (χ2v) is 7.07. The Balaban J connectivity index is 2.25. The highest BCUT2D eigenvalue weighted by Gasteiger charge is 2.25. The van der Waals surface area contributed by atoms with E-state index in [9.17, 15) is 0 Å². The van der Waals surface area contributed by atoms with Crippen molar-refractivity contribution in [3.63, 3.8) is 0 Å². The van der Waals surface area contributed by atoms with Crippen LogP contribution in [0.4, 0.5) is 0 Å². The van der Waals surface area contributed by atoms with Crippen LogP contribution in [0, 0.1) is 0 Å². The number of aliphatic hydroxyl groups excluding tert-OH is 1. The van der Waals surface area contributed by atoms with Gasteiger partial charge >= 0.3 is 0 Å². The van der Waals surface area contributed by atoms with Crippen molar-refractivity contribution in [2.75, 3.05) is 6.61 Å². The fraction of sp³-hybridized carbons (Fsp3) is 0.100. The normalized spacial score (nSPS) is 11.6. The summed E-state index contributed by atoms with van der Waals surface area (Å²) in [6, 6.07) is 17.1. The van der Waals surface area contributed by atoms with Crippen molar-refractivity contribution < 1.29 is 5.11 Å². The largest absolute Gasteiger partial charge is 0.396 e. The van der Waals surface area contributed by atoms with Crippen LogP contribution in [-0.2, 0) is 6.42 Å². The molecule has 0 aliphatic heterocycles. The van der Waals surface area contributed by atoms with E-state index in [2.05, 4.69) is 61.7 Å². The molecule has 1 nitrogen and oxygen atoms in total. The summed E-state index contributed by atoms with van der Waals surface area (Å²) in [4.78, 5) is 2.52. The molecule has 22 heavy (non-hydrogen) atoms. The number of fused-ring (bicyclic) bond motifs is 1. The summed E-state index contributed by atoms with van der Waals surface area (Å²) in [5, 5.41) is 10.3. The Bertz CT molecular complexity index is 825. The monoisotopic (exact) mass is 307 g/mol. The van der Waals surface area contributed by atoms with Gasteiger partial charge in [0, 0.05) is 28.0 Å². The summed E-state index contributed by atoms with van der Waals surface area (Å²) in [6.45, 7) is 8.18. The van der Waals surface area contributed by atoms with Crippen molar-refractivity contribution in [2.24, 2.45) is 0 Å². The zero-order valence-electron chi connectivity index (χ0n) is 12.5. The van der Waals surface area contributed by atoms with E-state index in [-0.39, 0.29) is 17.1 Å². The minimum Gasteiger partial charge on any atom is -0.396 e. The summed E-state index contributed by atoms with van der Waals surface area (Å²) in [5.74, 6) is 0. The van der Waals surface area contributed by atoms with Crippen LogP contribution in [0.15, 0.2) is 61.7 Å². The zero-order valence-corrected chi connectivity index (χ0v) is 13.3. The second kappa shape index (κ2) is 6.30. The molecular formula is C20H19OS+. The molecule has 3 aromatic rings. The minimum absolute atomic E-state index is 0.118. The molecule has 0 fully saturated rings. The van der Waals surface area contributed by atoms with Crippen molar-refractivity contribution in [1.29, 1.82) is 0 Å². The van der Waals surface area contributed by atoms with Gasteiger partial charge in [0.05, 0.1) is 0 Å². The minimum atomic E-state index is -0.118. The third kappa shape index (κ3) is 2.41. The Hall–Kier alpha value is -2.16. The van der Waals surface area contributed by atoms with Crippen LogP contribution in [0.5, 0.6) is 0 Å². The quantitative estimate of drug-likeness (QED) is 0.626. The van der Waals surface area contributed by atoms with E-state index in [1.165, 1.54) is 25.4 Å². The highest BCUT2D eigenvalue weighted by atomic mass is 32.2. The first-order chi connectivity index (χ1) is 10.8. The zero-order chi connectivity index (χ0) is 15.5. The lowest BCUT2D eigenvalue weighted by atomic mass is 10.1. The Kier molecular flexibility index (Phi) is 4.23. The summed E-state index contributed by atoms with van der Waals surface area (Å²) >= 11 is 0. The van der Waals surface area contributed by atoms with Gasteiger partial charge in [-0.3, -0.25) is 0 Å². The van der Waals surface area contributed by atoms with Crippen molar-refractivity contribution in [3.8, 4) is 4.90 Å². The Morgan fingerprint density at radius 3 is 2.32 bits per heavy atom. The van der Waals surface area contributed by atoms with Gasteiger partial charge in [0.2, 0.25) is 0 Å². The molecule has 0 amide bonds. The lowest BCUT2D eigenvalue weighted by Gasteiger charge is -1.98.